The van der Waals surface area contributed by atoms with Gasteiger partial charge in [-0.25, -0.2) is 9.97 Å². The number of thioether (sulfide) groups is 1. The van der Waals surface area contributed by atoms with Crippen LogP contribution in [0.3, 0.4) is 0 Å². The summed E-state index contributed by atoms with van der Waals surface area (Å²) in [5.41, 5.74) is 2.28. The summed E-state index contributed by atoms with van der Waals surface area (Å²) in [6.45, 7) is 6.46. The van der Waals surface area contributed by atoms with Gasteiger partial charge in [0.15, 0.2) is 0 Å². The first-order chi connectivity index (χ1) is 13.1. The molecule has 9 heteroatoms. The molecule has 4 heterocycles. The van der Waals surface area contributed by atoms with Gasteiger partial charge in [-0.2, -0.15) is 0 Å². The zero-order chi connectivity index (χ0) is 18.8. The highest BCUT2D eigenvalue weighted by Crippen LogP contribution is 2.34. The minimum absolute atomic E-state index is 0. The van der Waals surface area contributed by atoms with Gasteiger partial charge in [0.05, 0.1) is 11.8 Å². The normalized spacial score (nSPS) is 16.8. The summed E-state index contributed by atoms with van der Waals surface area (Å²) in [7, 11) is 0. The van der Waals surface area contributed by atoms with Gasteiger partial charge in [-0.05, 0) is 31.0 Å². The largest absolute Gasteiger partial charge is 0.332 e. The zero-order valence-electron chi connectivity index (χ0n) is 15.7. The van der Waals surface area contributed by atoms with Gasteiger partial charge in [-0.15, -0.1) is 23.7 Å². The molecular weight excluding hydrogens is 414 g/mol. The minimum Gasteiger partial charge on any atom is -0.332 e. The van der Waals surface area contributed by atoms with E-state index in [1.165, 1.54) is 22.2 Å². The van der Waals surface area contributed by atoms with Gasteiger partial charge in [0.25, 0.3) is 0 Å². The predicted octanol–water partition coefficient (Wildman–Crippen LogP) is 3.39. The molecule has 0 bridgehead atoms. The van der Waals surface area contributed by atoms with Gasteiger partial charge in [0, 0.05) is 42.3 Å². The Morgan fingerprint density at radius 1 is 1.39 bits per heavy atom. The molecule has 1 atom stereocenters. The second kappa shape index (κ2) is 9.17. The molecule has 1 amide bonds. The van der Waals surface area contributed by atoms with Crippen molar-refractivity contribution >= 4 is 51.6 Å². The van der Waals surface area contributed by atoms with Crippen molar-refractivity contribution in [3.8, 4) is 0 Å². The number of carbonyl (C=O) groups excluding carboxylic acids is 1. The Labute approximate surface area is 178 Å². The van der Waals surface area contributed by atoms with E-state index in [2.05, 4.69) is 34.1 Å². The summed E-state index contributed by atoms with van der Waals surface area (Å²) in [6, 6.07) is 3.97. The average molecular weight is 436 g/mol. The number of aromatic nitrogens is 3. The van der Waals surface area contributed by atoms with E-state index < -0.39 is 0 Å². The number of amides is 1. The number of halogens is 1. The SMILES string of the molecule is Cc1sc2ncnc(SCC(=O)N3CCNCC3c3cccnc3)c2c1C.Cl. The lowest BCUT2D eigenvalue weighted by Crippen LogP contribution is -2.49. The maximum atomic E-state index is 13.0. The fraction of sp³-hybridized carbons (Fsp3) is 0.368. The van der Waals surface area contributed by atoms with Crippen LogP contribution in [0.4, 0.5) is 0 Å². The van der Waals surface area contributed by atoms with E-state index in [1.54, 1.807) is 23.9 Å². The summed E-state index contributed by atoms with van der Waals surface area (Å²) in [4.78, 5) is 30.2. The van der Waals surface area contributed by atoms with Crippen LogP contribution >= 0.6 is 35.5 Å². The second-order valence-corrected chi connectivity index (χ2v) is 8.69. The molecule has 1 aliphatic heterocycles. The summed E-state index contributed by atoms with van der Waals surface area (Å²) >= 11 is 3.18. The van der Waals surface area contributed by atoms with Crippen molar-refractivity contribution in [3.63, 3.8) is 0 Å². The summed E-state index contributed by atoms with van der Waals surface area (Å²) in [6.07, 6.45) is 5.19. The standard InChI is InChI=1S/C19H21N5OS2.ClH/c1-12-13(2)27-19-17(12)18(22-11-23-19)26-10-16(25)24-7-6-21-9-15(24)14-4-3-5-20-8-14;/h3-5,8,11,15,21H,6-7,9-10H2,1-2H3;1H. The highest BCUT2D eigenvalue weighted by molar-refractivity contribution is 8.00. The van der Waals surface area contributed by atoms with Crippen molar-refractivity contribution in [2.75, 3.05) is 25.4 Å². The van der Waals surface area contributed by atoms with Gasteiger partial charge in [-0.1, -0.05) is 17.8 Å². The van der Waals surface area contributed by atoms with Crippen molar-refractivity contribution in [1.29, 1.82) is 0 Å². The van der Waals surface area contributed by atoms with Crippen molar-refractivity contribution in [3.05, 3.63) is 46.9 Å². The summed E-state index contributed by atoms with van der Waals surface area (Å²) in [5.74, 6) is 0.503. The third-order valence-electron chi connectivity index (χ3n) is 4.90. The Balaban J connectivity index is 0.00000225. The van der Waals surface area contributed by atoms with Crippen LogP contribution in [0.15, 0.2) is 35.9 Å². The topological polar surface area (TPSA) is 71.0 Å². The maximum absolute atomic E-state index is 13.0. The molecule has 0 aromatic carbocycles. The maximum Gasteiger partial charge on any atom is 0.233 e. The number of hydrogen-bond donors (Lipinski definition) is 1. The van der Waals surface area contributed by atoms with Crippen LogP contribution in [0, 0.1) is 13.8 Å². The second-order valence-electron chi connectivity index (χ2n) is 6.52. The Hall–Kier alpha value is -1.74. The molecule has 0 spiro atoms. The molecule has 3 aromatic heterocycles. The van der Waals surface area contributed by atoms with Crippen LogP contribution in [0.1, 0.15) is 22.0 Å². The number of rotatable bonds is 4. The van der Waals surface area contributed by atoms with E-state index in [-0.39, 0.29) is 24.4 Å². The van der Waals surface area contributed by atoms with Gasteiger partial charge in [-0.3, -0.25) is 9.78 Å². The number of nitrogens with one attached hydrogen (secondary N) is 1. The van der Waals surface area contributed by atoms with E-state index in [0.717, 1.165) is 33.9 Å². The van der Waals surface area contributed by atoms with Crippen LogP contribution in [0.25, 0.3) is 10.2 Å². The molecule has 1 fully saturated rings. The van der Waals surface area contributed by atoms with Crippen molar-refractivity contribution < 1.29 is 4.79 Å². The fourth-order valence-electron chi connectivity index (χ4n) is 3.35. The molecule has 0 aliphatic carbocycles. The summed E-state index contributed by atoms with van der Waals surface area (Å²) in [5, 5.41) is 5.36. The van der Waals surface area contributed by atoms with E-state index in [0.29, 0.717) is 12.3 Å². The Morgan fingerprint density at radius 2 is 2.25 bits per heavy atom. The van der Waals surface area contributed by atoms with Gasteiger partial charge in [0.1, 0.15) is 16.2 Å². The molecule has 0 saturated carbocycles. The monoisotopic (exact) mass is 435 g/mol. The number of nitrogens with zero attached hydrogens (tertiary/aromatic N) is 4. The third kappa shape index (κ3) is 4.15. The van der Waals surface area contributed by atoms with E-state index in [9.17, 15) is 4.79 Å². The molecule has 1 aliphatic rings. The molecule has 0 radical (unpaired) electrons. The molecule has 28 heavy (non-hydrogen) atoms. The van der Waals surface area contributed by atoms with E-state index in [4.69, 9.17) is 0 Å². The highest BCUT2D eigenvalue weighted by Gasteiger charge is 2.28. The van der Waals surface area contributed by atoms with E-state index in [1.807, 2.05) is 23.2 Å². The number of piperazine rings is 1. The fourth-order valence-corrected chi connectivity index (χ4v) is 5.35. The number of carbonyl (C=O) groups is 1. The number of fused-ring (bicyclic) bond motifs is 1. The first-order valence-corrected chi connectivity index (χ1v) is 10.7. The Kier molecular flexibility index (Phi) is 6.87. The number of pyridine rings is 1. The molecule has 4 rings (SSSR count). The molecule has 148 valence electrons. The van der Waals surface area contributed by atoms with Crippen LogP contribution in [-0.4, -0.2) is 51.1 Å². The molecule has 1 unspecified atom stereocenters. The van der Waals surface area contributed by atoms with Gasteiger partial charge < -0.3 is 10.2 Å². The van der Waals surface area contributed by atoms with Crippen LogP contribution in [0.5, 0.6) is 0 Å². The lowest BCUT2D eigenvalue weighted by atomic mass is 10.1. The predicted molar refractivity (Wildman–Crippen MR) is 116 cm³/mol. The Morgan fingerprint density at radius 3 is 3.04 bits per heavy atom. The third-order valence-corrected chi connectivity index (χ3v) is 6.99. The number of hydrogen-bond acceptors (Lipinski definition) is 7. The molecule has 6 nitrogen and oxygen atoms in total. The van der Waals surface area contributed by atoms with Crippen LogP contribution in [0.2, 0.25) is 0 Å². The lowest BCUT2D eigenvalue weighted by molar-refractivity contribution is -0.131. The molecule has 3 aromatic rings. The lowest BCUT2D eigenvalue weighted by Gasteiger charge is -2.36. The molecule has 1 saturated heterocycles. The minimum atomic E-state index is 0. The van der Waals surface area contributed by atoms with Crippen molar-refractivity contribution in [2.45, 2.75) is 24.9 Å². The van der Waals surface area contributed by atoms with Crippen molar-refractivity contribution in [2.24, 2.45) is 0 Å². The van der Waals surface area contributed by atoms with E-state index >= 15 is 0 Å². The number of aryl methyl sites for hydroxylation is 2. The number of thiophene rings is 1. The smallest absolute Gasteiger partial charge is 0.233 e. The molecule has 1 N–H and O–H groups in total. The summed E-state index contributed by atoms with van der Waals surface area (Å²) < 4.78 is 0. The molecular formula is C19H22ClN5OS2. The quantitative estimate of drug-likeness (QED) is 0.500. The average Bonchev–Trinajstić information content (AvgIpc) is 3.01. The van der Waals surface area contributed by atoms with Gasteiger partial charge >= 0.3 is 0 Å². The van der Waals surface area contributed by atoms with Gasteiger partial charge in [0.2, 0.25) is 5.91 Å². The first kappa shape index (κ1) is 21.0. The van der Waals surface area contributed by atoms with Crippen LogP contribution in [-0.2, 0) is 4.79 Å². The Bertz CT molecular complexity index is 966. The van der Waals surface area contributed by atoms with Crippen molar-refractivity contribution in [1.82, 2.24) is 25.2 Å². The highest BCUT2D eigenvalue weighted by atomic mass is 35.5. The first-order valence-electron chi connectivity index (χ1n) is 8.88. The zero-order valence-corrected chi connectivity index (χ0v) is 18.2. The van der Waals surface area contributed by atoms with Crippen LogP contribution < -0.4 is 5.32 Å².